The molecular formula is C21H29ClF3N3O. The topological polar surface area (TPSA) is 35.6 Å². The van der Waals surface area contributed by atoms with Crippen LogP contribution in [0.2, 0.25) is 5.02 Å². The highest BCUT2D eigenvalue weighted by atomic mass is 35.5. The van der Waals surface area contributed by atoms with Gasteiger partial charge in [0, 0.05) is 42.9 Å². The molecule has 1 aromatic carbocycles. The molecule has 0 spiro atoms. The summed E-state index contributed by atoms with van der Waals surface area (Å²) in [5.74, 6) is -0.306. The Labute approximate surface area is 175 Å². The molecule has 1 aliphatic heterocycles. The quantitative estimate of drug-likeness (QED) is 0.721. The molecule has 0 aromatic heterocycles. The number of hydrogen-bond donors (Lipinski definition) is 1. The van der Waals surface area contributed by atoms with Gasteiger partial charge in [-0.2, -0.15) is 13.2 Å². The standard InChI is InChI=1S/C21H29ClF3N3O/c22-17-3-7-19(8-4-17)28-13-11-27(12-14-28)10-9-16-1-5-18(6-2-16)26-20(29)15-21(23,24)25/h3-4,7-8,16,18H,1-2,5-6,9-15H2,(H,26,29). The number of nitrogens with zero attached hydrogens (tertiary/aromatic N) is 2. The highest BCUT2D eigenvalue weighted by molar-refractivity contribution is 6.30. The molecule has 2 aliphatic rings. The van der Waals surface area contributed by atoms with E-state index in [1.54, 1.807) is 0 Å². The number of anilines is 1. The Morgan fingerprint density at radius 1 is 1.03 bits per heavy atom. The fourth-order valence-corrected chi connectivity index (χ4v) is 4.43. The van der Waals surface area contributed by atoms with Crippen LogP contribution in [0, 0.1) is 5.92 Å². The molecule has 4 nitrogen and oxygen atoms in total. The van der Waals surface area contributed by atoms with Crippen LogP contribution in [0.15, 0.2) is 24.3 Å². The third kappa shape index (κ3) is 7.37. The Morgan fingerprint density at radius 2 is 1.66 bits per heavy atom. The Morgan fingerprint density at radius 3 is 2.24 bits per heavy atom. The predicted molar refractivity (Wildman–Crippen MR) is 109 cm³/mol. The summed E-state index contributed by atoms with van der Waals surface area (Å²) in [6, 6.07) is 7.86. The van der Waals surface area contributed by atoms with Crippen molar-refractivity contribution in [3.63, 3.8) is 0 Å². The molecule has 8 heteroatoms. The van der Waals surface area contributed by atoms with Gasteiger partial charge in [0.2, 0.25) is 5.91 Å². The molecule has 3 rings (SSSR count). The fraction of sp³-hybridized carbons (Fsp3) is 0.667. The lowest BCUT2D eigenvalue weighted by Gasteiger charge is -2.37. The molecule has 1 N–H and O–H groups in total. The Hall–Kier alpha value is -1.47. The van der Waals surface area contributed by atoms with Gasteiger partial charge in [-0.3, -0.25) is 9.69 Å². The van der Waals surface area contributed by atoms with E-state index in [0.29, 0.717) is 5.92 Å². The molecule has 0 radical (unpaired) electrons. The number of halogens is 4. The number of amides is 1. The van der Waals surface area contributed by atoms with E-state index in [1.165, 1.54) is 5.69 Å². The van der Waals surface area contributed by atoms with Gasteiger partial charge in [0.15, 0.2) is 0 Å². The van der Waals surface area contributed by atoms with Crippen molar-refractivity contribution in [3.05, 3.63) is 29.3 Å². The van der Waals surface area contributed by atoms with Crippen molar-refractivity contribution in [1.29, 1.82) is 0 Å². The minimum atomic E-state index is -4.43. The van der Waals surface area contributed by atoms with Crippen LogP contribution in [0.5, 0.6) is 0 Å². The maximum Gasteiger partial charge on any atom is 0.397 e. The maximum absolute atomic E-state index is 12.3. The maximum atomic E-state index is 12.3. The number of benzene rings is 1. The zero-order chi connectivity index (χ0) is 20.9. The van der Waals surface area contributed by atoms with E-state index >= 15 is 0 Å². The predicted octanol–water partition coefficient (Wildman–Crippen LogP) is 4.48. The lowest BCUT2D eigenvalue weighted by atomic mass is 9.84. The van der Waals surface area contributed by atoms with Gasteiger partial charge in [-0.15, -0.1) is 0 Å². The zero-order valence-corrected chi connectivity index (χ0v) is 17.3. The number of alkyl halides is 3. The number of nitrogens with one attached hydrogen (secondary N) is 1. The van der Waals surface area contributed by atoms with Crippen molar-refractivity contribution in [2.24, 2.45) is 5.92 Å². The first-order valence-corrected chi connectivity index (χ1v) is 10.8. The molecule has 1 saturated carbocycles. The number of hydrogen-bond acceptors (Lipinski definition) is 3. The van der Waals surface area contributed by atoms with Crippen LogP contribution in [0.3, 0.4) is 0 Å². The van der Waals surface area contributed by atoms with E-state index in [1.807, 2.05) is 12.1 Å². The minimum Gasteiger partial charge on any atom is -0.369 e. The number of rotatable bonds is 6. The summed E-state index contributed by atoms with van der Waals surface area (Å²) in [5, 5.41) is 3.29. The highest BCUT2D eigenvalue weighted by Crippen LogP contribution is 2.28. The van der Waals surface area contributed by atoms with Crippen LogP contribution in [-0.4, -0.2) is 55.7 Å². The van der Waals surface area contributed by atoms with E-state index in [-0.39, 0.29) is 6.04 Å². The van der Waals surface area contributed by atoms with Crippen molar-refractivity contribution in [2.75, 3.05) is 37.6 Å². The van der Waals surface area contributed by atoms with Crippen molar-refractivity contribution < 1.29 is 18.0 Å². The molecule has 0 atom stereocenters. The third-order valence-corrected chi connectivity index (χ3v) is 6.24. The van der Waals surface area contributed by atoms with Crippen LogP contribution in [0.25, 0.3) is 0 Å². The molecular weight excluding hydrogens is 403 g/mol. The lowest BCUT2D eigenvalue weighted by molar-refractivity contribution is -0.154. The molecule has 1 aliphatic carbocycles. The van der Waals surface area contributed by atoms with E-state index in [4.69, 9.17) is 11.6 Å². The SMILES string of the molecule is O=C(CC(F)(F)F)NC1CCC(CCN2CCN(c3ccc(Cl)cc3)CC2)CC1. The first-order valence-electron chi connectivity index (χ1n) is 10.4. The Kier molecular flexibility index (Phi) is 7.68. The van der Waals surface area contributed by atoms with Crippen LogP contribution in [0.4, 0.5) is 18.9 Å². The minimum absolute atomic E-state index is 0.107. The van der Waals surface area contributed by atoms with Crippen molar-refractivity contribution in [3.8, 4) is 0 Å². The molecule has 2 fully saturated rings. The number of carbonyl (C=O) groups excluding carboxylic acids is 1. The van der Waals surface area contributed by atoms with E-state index in [9.17, 15) is 18.0 Å². The van der Waals surface area contributed by atoms with Gasteiger partial charge in [0.25, 0.3) is 0 Å². The molecule has 0 unspecified atom stereocenters. The van der Waals surface area contributed by atoms with Crippen molar-refractivity contribution >= 4 is 23.2 Å². The molecule has 1 amide bonds. The van der Waals surface area contributed by atoms with E-state index in [2.05, 4.69) is 27.2 Å². The molecule has 162 valence electrons. The molecule has 1 saturated heterocycles. The zero-order valence-electron chi connectivity index (χ0n) is 16.6. The highest BCUT2D eigenvalue weighted by Gasteiger charge is 2.32. The van der Waals surface area contributed by atoms with Gasteiger partial charge in [-0.25, -0.2) is 0 Å². The summed E-state index contributed by atoms with van der Waals surface area (Å²) in [6.45, 7) is 5.13. The smallest absolute Gasteiger partial charge is 0.369 e. The monoisotopic (exact) mass is 431 g/mol. The van der Waals surface area contributed by atoms with Gasteiger partial charge >= 0.3 is 6.18 Å². The largest absolute Gasteiger partial charge is 0.397 e. The third-order valence-electron chi connectivity index (χ3n) is 5.99. The van der Waals surface area contributed by atoms with Gasteiger partial charge in [-0.05, 0) is 68.8 Å². The lowest BCUT2D eigenvalue weighted by Crippen LogP contribution is -2.47. The van der Waals surface area contributed by atoms with Gasteiger partial charge in [0.05, 0.1) is 0 Å². The first-order chi connectivity index (χ1) is 13.8. The van der Waals surface area contributed by atoms with Gasteiger partial charge < -0.3 is 10.2 Å². The van der Waals surface area contributed by atoms with Crippen LogP contribution >= 0.6 is 11.6 Å². The van der Waals surface area contributed by atoms with Crippen molar-refractivity contribution in [2.45, 2.75) is 50.7 Å². The number of carbonyl (C=O) groups is 1. The van der Waals surface area contributed by atoms with E-state index < -0.39 is 18.5 Å². The summed E-state index contributed by atoms with van der Waals surface area (Å²) in [7, 11) is 0. The Bertz CT molecular complexity index is 652. The normalized spacial score (nSPS) is 23.8. The summed E-state index contributed by atoms with van der Waals surface area (Å²) in [6.07, 6.45) is -1.20. The molecule has 1 heterocycles. The Balaban J connectivity index is 1.31. The number of piperazine rings is 1. The van der Waals surface area contributed by atoms with Gasteiger partial charge in [-0.1, -0.05) is 11.6 Å². The summed E-state index contributed by atoms with van der Waals surface area (Å²) in [5.41, 5.74) is 1.21. The average Bonchev–Trinajstić information content (AvgIpc) is 2.67. The van der Waals surface area contributed by atoms with E-state index in [0.717, 1.165) is 69.9 Å². The first kappa shape index (κ1) is 22.2. The summed E-state index contributed by atoms with van der Waals surface area (Å²) in [4.78, 5) is 16.3. The van der Waals surface area contributed by atoms with Crippen LogP contribution < -0.4 is 10.2 Å². The average molecular weight is 432 g/mol. The summed E-state index contributed by atoms with van der Waals surface area (Å²) < 4.78 is 36.8. The molecule has 0 bridgehead atoms. The van der Waals surface area contributed by atoms with Crippen LogP contribution in [0.1, 0.15) is 38.5 Å². The second-order valence-corrected chi connectivity index (χ2v) is 8.61. The van der Waals surface area contributed by atoms with Gasteiger partial charge in [0.1, 0.15) is 6.42 Å². The second-order valence-electron chi connectivity index (χ2n) is 8.17. The molecule has 1 aromatic rings. The molecule has 29 heavy (non-hydrogen) atoms. The summed E-state index contributed by atoms with van der Waals surface area (Å²) >= 11 is 5.96. The second kappa shape index (κ2) is 10.0. The fourth-order valence-electron chi connectivity index (χ4n) is 4.30. The van der Waals surface area contributed by atoms with Crippen molar-refractivity contribution in [1.82, 2.24) is 10.2 Å². The van der Waals surface area contributed by atoms with Crippen LogP contribution in [-0.2, 0) is 4.79 Å².